The molecule has 0 bridgehead atoms. The number of fused-ring (bicyclic) bond motifs is 1. The highest BCUT2D eigenvalue weighted by molar-refractivity contribution is 8.00. The van der Waals surface area contributed by atoms with Crippen LogP contribution < -0.4 is 9.47 Å². The van der Waals surface area contributed by atoms with Gasteiger partial charge in [0.2, 0.25) is 5.16 Å². The molecule has 5 rings (SSSR count). The van der Waals surface area contributed by atoms with Crippen molar-refractivity contribution in [1.82, 2.24) is 15.2 Å². The van der Waals surface area contributed by atoms with Crippen LogP contribution in [0.4, 0.5) is 0 Å². The number of rotatable bonds is 6. The maximum Gasteiger partial charge on any atom is 0.210 e. The highest BCUT2D eigenvalue weighted by Gasteiger charge is 2.32. The second-order valence-corrected chi connectivity index (χ2v) is 8.75. The van der Waals surface area contributed by atoms with Crippen LogP contribution in [-0.4, -0.2) is 40.4 Å². The van der Waals surface area contributed by atoms with E-state index in [1.807, 2.05) is 72.8 Å². The van der Waals surface area contributed by atoms with Gasteiger partial charge >= 0.3 is 0 Å². The van der Waals surface area contributed by atoms with Crippen LogP contribution in [0, 0.1) is 0 Å². The maximum absolute atomic E-state index is 12.9. The van der Waals surface area contributed by atoms with Gasteiger partial charge in [0.05, 0.1) is 19.5 Å². The van der Waals surface area contributed by atoms with Crippen LogP contribution in [0.1, 0.15) is 15.9 Å². The highest BCUT2D eigenvalue weighted by Crippen LogP contribution is 2.36. The fraction of sp³-hybridized carbons (Fsp3) is 0.154. The van der Waals surface area contributed by atoms with Crippen molar-refractivity contribution in [2.75, 3.05) is 14.2 Å². The minimum absolute atomic E-state index is 0.115. The molecule has 1 heterocycles. The van der Waals surface area contributed by atoms with E-state index < -0.39 is 0 Å². The summed E-state index contributed by atoms with van der Waals surface area (Å²) in [6.45, 7) is 0. The summed E-state index contributed by atoms with van der Waals surface area (Å²) in [6, 6.07) is 23.0. The predicted molar refractivity (Wildman–Crippen MR) is 128 cm³/mol. The number of hydrogen-bond acceptors (Lipinski definition) is 7. The normalized spacial score (nSPS) is 14.7. The van der Waals surface area contributed by atoms with E-state index in [0.717, 1.165) is 33.8 Å². The van der Waals surface area contributed by atoms with Crippen molar-refractivity contribution in [3.05, 3.63) is 83.9 Å². The number of carbonyl (C=O) groups excluding carboxylic acids is 1. The summed E-state index contributed by atoms with van der Waals surface area (Å²) in [5.74, 6) is 1.64. The first kappa shape index (κ1) is 21.2. The zero-order valence-corrected chi connectivity index (χ0v) is 19.0. The molecule has 0 spiro atoms. The molecule has 1 aliphatic rings. The first-order chi connectivity index (χ1) is 16.2. The number of hydrogen-bond donors (Lipinski definition) is 0. The van der Waals surface area contributed by atoms with Crippen LogP contribution in [0.25, 0.3) is 22.5 Å². The average molecular weight is 456 g/mol. The minimum atomic E-state index is -0.250. The Balaban J connectivity index is 1.52. The van der Waals surface area contributed by atoms with Crippen molar-refractivity contribution in [3.8, 4) is 34.0 Å². The third-order valence-corrected chi connectivity index (χ3v) is 6.67. The molecule has 1 aromatic heterocycles. The summed E-state index contributed by atoms with van der Waals surface area (Å²) in [5, 5.41) is 9.12. The number of carbonyl (C=O) groups is 1. The van der Waals surface area contributed by atoms with E-state index in [2.05, 4.69) is 10.2 Å². The molecule has 1 aliphatic carbocycles. The number of thioether (sulfide) groups is 1. The van der Waals surface area contributed by atoms with Crippen molar-refractivity contribution < 1.29 is 14.3 Å². The number of nitrogens with zero attached hydrogens (tertiary/aromatic N) is 3. The van der Waals surface area contributed by atoms with Gasteiger partial charge in [0.25, 0.3) is 0 Å². The van der Waals surface area contributed by atoms with Crippen LogP contribution in [0.2, 0.25) is 0 Å². The van der Waals surface area contributed by atoms with E-state index in [1.165, 1.54) is 11.8 Å². The Morgan fingerprint density at radius 2 is 1.39 bits per heavy atom. The Kier molecular flexibility index (Phi) is 5.79. The maximum atomic E-state index is 12.9. The summed E-state index contributed by atoms with van der Waals surface area (Å²) in [7, 11) is 3.27. The number of ether oxygens (including phenoxy) is 2. The van der Waals surface area contributed by atoms with E-state index in [0.29, 0.717) is 23.0 Å². The van der Waals surface area contributed by atoms with E-state index in [-0.39, 0.29) is 11.0 Å². The van der Waals surface area contributed by atoms with Gasteiger partial charge in [-0.25, -0.2) is 4.98 Å². The smallest absolute Gasteiger partial charge is 0.210 e. The molecular formula is C26H21N3O3S. The number of aromatic nitrogens is 3. The lowest BCUT2D eigenvalue weighted by Crippen LogP contribution is -2.12. The predicted octanol–water partition coefficient (Wildman–Crippen LogP) is 5.12. The lowest BCUT2D eigenvalue weighted by molar-refractivity contribution is 0.1000. The van der Waals surface area contributed by atoms with E-state index in [4.69, 9.17) is 14.5 Å². The zero-order valence-electron chi connectivity index (χ0n) is 18.2. The van der Waals surface area contributed by atoms with Crippen LogP contribution in [-0.2, 0) is 6.42 Å². The van der Waals surface area contributed by atoms with Crippen LogP contribution >= 0.6 is 11.8 Å². The van der Waals surface area contributed by atoms with Gasteiger partial charge in [-0.3, -0.25) is 4.79 Å². The fourth-order valence-electron chi connectivity index (χ4n) is 3.88. The molecule has 1 unspecified atom stereocenters. The quantitative estimate of drug-likeness (QED) is 0.399. The zero-order chi connectivity index (χ0) is 22.8. The molecule has 0 saturated carbocycles. The second kappa shape index (κ2) is 9.03. The number of Topliss-reactive ketones (excluding diaryl/α,β-unsaturated/α-hetero) is 1. The van der Waals surface area contributed by atoms with Crippen LogP contribution in [0.3, 0.4) is 0 Å². The lowest BCUT2D eigenvalue weighted by Gasteiger charge is -2.12. The number of methoxy groups -OCH3 is 2. The van der Waals surface area contributed by atoms with Gasteiger partial charge < -0.3 is 9.47 Å². The standard InChI is InChI=1S/C26H21N3O3S/c1-31-19-11-7-16(8-12-19)23-24(17-9-13-20(32-2)14-10-17)28-29-26(27-23)33-22-15-18-5-3-4-6-21(18)25(22)30/h3-14,22H,15H2,1-2H3. The largest absolute Gasteiger partial charge is 0.497 e. The molecule has 1 atom stereocenters. The molecule has 3 aromatic carbocycles. The van der Waals surface area contributed by atoms with E-state index >= 15 is 0 Å². The first-order valence-corrected chi connectivity index (χ1v) is 11.4. The molecule has 0 amide bonds. The summed E-state index contributed by atoms with van der Waals surface area (Å²) >= 11 is 1.36. The summed E-state index contributed by atoms with van der Waals surface area (Å²) in [6.07, 6.45) is 0.668. The molecule has 164 valence electrons. The number of benzene rings is 3. The summed E-state index contributed by atoms with van der Waals surface area (Å²) in [4.78, 5) is 17.7. The summed E-state index contributed by atoms with van der Waals surface area (Å²) < 4.78 is 10.6. The van der Waals surface area contributed by atoms with Gasteiger partial charge in [-0.2, -0.15) is 0 Å². The monoisotopic (exact) mass is 455 g/mol. The minimum Gasteiger partial charge on any atom is -0.497 e. The average Bonchev–Trinajstić information content (AvgIpc) is 3.19. The molecular weight excluding hydrogens is 434 g/mol. The van der Waals surface area contributed by atoms with E-state index in [9.17, 15) is 4.79 Å². The molecule has 0 fully saturated rings. The Morgan fingerprint density at radius 3 is 2.00 bits per heavy atom. The third-order valence-electron chi connectivity index (χ3n) is 5.62. The SMILES string of the molecule is COc1ccc(-c2nnc(SC3Cc4ccccc4C3=O)nc2-c2ccc(OC)cc2)cc1. The topological polar surface area (TPSA) is 74.2 Å². The highest BCUT2D eigenvalue weighted by atomic mass is 32.2. The van der Waals surface area contributed by atoms with Gasteiger partial charge in [0.15, 0.2) is 5.78 Å². The van der Waals surface area contributed by atoms with Crippen LogP contribution in [0.15, 0.2) is 78.0 Å². The van der Waals surface area contributed by atoms with Crippen molar-refractivity contribution in [2.45, 2.75) is 16.8 Å². The van der Waals surface area contributed by atoms with Crippen molar-refractivity contribution in [3.63, 3.8) is 0 Å². The second-order valence-electron chi connectivity index (χ2n) is 7.58. The van der Waals surface area contributed by atoms with Gasteiger partial charge in [-0.1, -0.05) is 36.0 Å². The molecule has 0 radical (unpaired) electrons. The van der Waals surface area contributed by atoms with Crippen LogP contribution in [0.5, 0.6) is 11.5 Å². The van der Waals surface area contributed by atoms with Crippen molar-refractivity contribution in [2.24, 2.45) is 0 Å². The lowest BCUT2D eigenvalue weighted by atomic mass is 10.0. The van der Waals surface area contributed by atoms with Crippen molar-refractivity contribution in [1.29, 1.82) is 0 Å². The Hall–Kier alpha value is -3.71. The Bertz CT molecular complexity index is 1310. The first-order valence-electron chi connectivity index (χ1n) is 10.5. The fourth-order valence-corrected chi connectivity index (χ4v) is 4.86. The molecule has 4 aromatic rings. The molecule has 33 heavy (non-hydrogen) atoms. The van der Waals surface area contributed by atoms with Crippen molar-refractivity contribution >= 4 is 17.5 Å². The number of ketones is 1. The molecule has 7 heteroatoms. The molecule has 6 nitrogen and oxygen atoms in total. The third kappa shape index (κ3) is 4.19. The van der Waals surface area contributed by atoms with Gasteiger partial charge in [-0.15, -0.1) is 10.2 Å². The van der Waals surface area contributed by atoms with Gasteiger partial charge in [0.1, 0.15) is 22.9 Å². The van der Waals surface area contributed by atoms with E-state index in [1.54, 1.807) is 14.2 Å². The summed E-state index contributed by atoms with van der Waals surface area (Å²) in [5.41, 5.74) is 4.98. The van der Waals surface area contributed by atoms with Gasteiger partial charge in [-0.05, 0) is 60.5 Å². The molecule has 0 N–H and O–H groups in total. The van der Waals surface area contributed by atoms with Gasteiger partial charge in [0, 0.05) is 16.7 Å². The molecule has 0 aliphatic heterocycles. The Labute approximate surface area is 196 Å². The molecule has 0 saturated heterocycles. The Morgan fingerprint density at radius 1 is 0.788 bits per heavy atom.